The lowest BCUT2D eigenvalue weighted by atomic mass is 9.81. The Hall–Kier alpha value is -0.770. The summed E-state index contributed by atoms with van der Waals surface area (Å²) in [6.07, 6.45) is 0.418. The summed E-state index contributed by atoms with van der Waals surface area (Å²) in [7, 11) is 1.61. The third kappa shape index (κ3) is 2.73. The first kappa shape index (κ1) is 14.6. The van der Waals surface area contributed by atoms with Gasteiger partial charge in [0.05, 0.1) is 24.3 Å². The summed E-state index contributed by atoms with van der Waals surface area (Å²) in [5.41, 5.74) is 7.48. The van der Waals surface area contributed by atoms with Crippen LogP contribution in [-0.2, 0) is 4.74 Å². The third-order valence-electron chi connectivity index (χ3n) is 4.29. The Morgan fingerprint density at radius 1 is 1.26 bits per heavy atom. The van der Waals surface area contributed by atoms with E-state index in [0.29, 0.717) is 22.6 Å². The van der Waals surface area contributed by atoms with E-state index >= 15 is 0 Å². The summed E-state index contributed by atoms with van der Waals surface area (Å²) in [6, 6.07) is 5.67. The van der Waals surface area contributed by atoms with Crippen molar-refractivity contribution >= 4 is 11.6 Å². The number of hydrogen-bond acceptors (Lipinski definition) is 3. The van der Waals surface area contributed by atoms with Crippen molar-refractivity contribution in [1.29, 1.82) is 0 Å². The molecule has 1 aliphatic heterocycles. The van der Waals surface area contributed by atoms with Gasteiger partial charge >= 0.3 is 0 Å². The van der Waals surface area contributed by atoms with Gasteiger partial charge in [-0.15, -0.1) is 0 Å². The molecule has 1 fully saturated rings. The normalized spacial score (nSPS) is 32.3. The average molecular weight is 284 g/mol. The highest BCUT2D eigenvalue weighted by atomic mass is 35.5. The Labute approximate surface area is 120 Å². The lowest BCUT2D eigenvalue weighted by Gasteiger charge is -2.26. The predicted octanol–water partition coefficient (Wildman–Crippen LogP) is 3.41. The van der Waals surface area contributed by atoms with Gasteiger partial charge in [-0.05, 0) is 37.5 Å². The van der Waals surface area contributed by atoms with Crippen LogP contribution in [0.25, 0.3) is 0 Å². The van der Waals surface area contributed by atoms with Crippen LogP contribution in [0.3, 0.4) is 0 Å². The summed E-state index contributed by atoms with van der Waals surface area (Å²) in [5.74, 6) is 1.41. The highest BCUT2D eigenvalue weighted by molar-refractivity contribution is 6.32. The van der Waals surface area contributed by atoms with E-state index in [1.54, 1.807) is 7.11 Å². The maximum atomic E-state index is 6.44. The molecule has 1 saturated heterocycles. The number of nitrogens with two attached hydrogens (primary N) is 1. The highest BCUT2D eigenvalue weighted by Gasteiger charge is 2.40. The molecule has 19 heavy (non-hydrogen) atoms. The summed E-state index contributed by atoms with van der Waals surface area (Å²) in [6.45, 7) is 6.40. The molecule has 0 aliphatic carbocycles. The molecule has 4 heteroatoms. The lowest BCUT2D eigenvalue weighted by molar-refractivity contribution is 0.0489. The third-order valence-corrected chi connectivity index (χ3v) is 4.61. The SMILES string of the molecule is COc1cc(C(N)C2C(C)OC(C)C2C)ccc1Cl. The molecule has 5 atom stereocenters. The zero-order chi connectivity index (χ0) is 14.2. The molecule has 0 saturated carbocycles. The molecule has 0 aromatic heterocycles. The van der Waals surface area contributed by atoms with Crippen molar-refractivity contribution in [2.75, 3.05) is 7.11 Å². The maximum Gasteiger partial charge on any atom is 0.137 e. The molecule has 106 valence electrons. The van der Waals surface area contributed by atoms with Crippen LogP contribution >= 0.6 is 11.6 Å². The van der Waals surface area contributed by atoms with Gasteiger partial charge < -0.3 is 15.2 Å². The van der Waals surface area contributed by atoms with Gasteiger partial charge in [0.1, 0.15) is 5.75 Å². The van der Waals surface area contributed by atoms with Crippen LogP contribution in [0.5, 0.6) is 5.75 Å². The molecule has 0 amide bonds. The zero-order valence-corrected chi connectivity index (χ0v) is 12.6. The van der Waals surface area contributed by atoms with E-state index in [1.807, 2.05) is 18.2 Å². The summed E-state index contributed by atoms with van der Waals surface area (Å²) < 4.78 is 11.1. The zero-order valence-electron chi connectivity index (χ0n) is 11.9. The molecular formula is C15H22ClNO2. The molecule has 0 bridgehead atoms. The van der Waals surface area contributed by atoms with Crippen molar-refractivity contribution in [3.8, 4) is 5.75 Å². The van der Waals surface area contributed by atoms with E-state index in [9.17, 15) is 0 Å². The van der Waals surface area contributed by atoms with E-state index in [0.717, 1.165) is 5.56 Å². The van der Waals surface area contributed by atoms with Crippen LogP contribution in [0.4, 0.5) is 0 Å². The quantitative estimate of drug-likeness (QED) is 0.924. The fraction of sp³-hybridized carbons (Fsp3) is 0.600. The second kappa shape index (κ2) is 5.70. The summed E-state index contributed by atoms with van der Waals surface area (Å²) in [4.78, 5) is 0. The van der Waals surface area contributed by atoms with Crippen LogP contribution in [-0.4, -0.2) is 19.3 Å². The first-order chi connectivity index (χ1) is 8.95. The number of rotatable bonds is 3. The number of halogens is 1. The first-order valence-corrected chi connectivity index (χ1v) is 7.08. The van der Waals surface area contributed by atoms with E-state index in [4.69, 9.17) is 26.8 Å². The Morgan fingerprint density at radius 2 is 1.95 bits per heavy atom. The Kier molecular flexibility index (Phi) is 4.39. The molecule has 1 heterocycles. The molecule has 5 unspecified atom stereocenters. The topological polar surface area (TPSA) is 44.5 Å². The van der Waals surface area contributed by atoms with Crippen molar-refractivity contribution in [3.63, 3.8) is 0 Å². The summed E-state index contributed by atoms with van der Waals surface area (Å²) >= 11 is 6.05. The second-order valence-electron chi connectivity index (χ2n) is 5.40. The molecule has 0 radical (unpaired) electrons. The molecule has 1 aromatic carbocycles. The van der Waals surface area contributed by atoms with Gasteiger partial charge in [0.2, 0.25) is 0 Å². The Morgan fingerprint density at radius 3 is 2.47 bits per heavy atom. The minimum atomic E-state index is -0.0684. The minimum absolute atomic E-state index is 0.0684. The van der Waals surface area contributed by atoms with Gasteiger partial charge in [0, 0.05) is 12.0 Å². The Balaban J connectivity index is 2.26. The molecule has 3 nitrogen and oxygen atoms in total. The van der Waals surface area contributed by atoms with Crippen molar-refractivity contribution < 1.29 is 9.47 Å². The van der Waals surface area contributed by atoms with E-state index in [1.165, 1.54) is 0 Å². The first-order valence-electron chi connectivity index (χ1n) is 6.70. The minimum Gasteiger partial charge on any atom is -0.495 e. The number of benzene rings is 1. The smallest absolute Gasteiger partial charge is 0.137 e. The average Bonchev–Trinajstić information content (AvgIpc) is 2.63. The van der Waals surface area contributed by atoms with Gasteiger partial charge in [-0.25, -0.2) is 0 Å². The predicted molar refractivity (Wildman–Crippen MR) is 77.6 cm³/mol. The van der Waals surface area contributed by atoms with Gasteiger partial charge in [0.15, 0.2) is 0 Å². The largest absolute Gasteiger partial charge is 0.495 e. The van der Waals surface area contributed by atoms with Crippen LogP contribution < -0.4 is 10.5 Å². The maximum absolute atomic E-state index is 6.44. The van der Waals surface area contributed by atoms with Gasteiger partial charge in [0.25, 0.3) is 0 Å². The van der Waals surface area contributed by atoms with Crippen molar-refractivity contribution in [2.45, 2.75) is 39.0 Å². The van der Waals surface area contributed by atoms with Crippen LogP contribution in [0.2, 0.25) is 5.02 Å². The molecule has 2 rings (SSSR count). The monoisotopic (exact) mass is 283 g/mol. The van der Waals surface area contributed by atoms with Crippen molar-refractivity contribution in [3.05, 3.63) is 28.8 Å². The van der Waals surface area contributed by atoms with Crippen LogP contribution in [0.15, 0.2) is 18.2 Å². The standard InChI is InChI=1S/C15H22ClNO2/c1-8-9(2)19-10(3)14(8)15(17)11-5-6-12(16)13(7-11)18-4/h5-10,14-15H,17H2,1-4H3. The second-order valence-corrected chi connectivity index (χ2v) is 5.81. The van der Waals surface area contributed by atoms with Gasteiger partial charge in [-0.3, -0.25) is 0 Å². The van der Waals surface area contributed by atoms with Gasteiger partial charge in [-0.1, -0.05) is 24.6 Å². The van der Waals surface area contributed by atoms with E-state index in [2.05, 4.69) is 20.8 Å². The van der Waals surface area contributed by atoms with Crippen LogP contribution in [0.1, 0.15) is 32.4 Å². The molecule has 0 spiro atoms. The molecule has 1 aliphatic rings. The van der Waals surface area contributed by atoms with Crippen molar-refractivity contribution in [1.82, 2.24) is 0 Å². The van der Waals surface area contributed by atoms with Gasteiger partial charge in [-0.2, -0.15) is 0 Å². The molecular weight excluding hydrogens is 262 g/mol. The number of hydrogen-bond donors (Lipinski definition) is 1. The van der Waals surface area contributed by atoms with E-state index < -0.39 is 0 Å². The molecule has 2 N–H and O–H groups in total. The van der Waals surface area contributed by atoms with Crippen LogP contribution in [0, 0.1) is 11.8 Å². The lowest BCUT2D eigenvalue weighted by Crippen LogP contribution is -2.30. The fourth-order valence-electron chi connectivity index (χ4n) is 3.02. The van der Waals surface area contributed by atoms with Crippen molar-refractivity contribution in [2.24, 2.45) is 17.6 Å². The molecule has 1 aromatic rings. The number of ether oxygens (including phenoxy) is 2. The number of methoxy groups -OCH3 is 1. The fourth-order valence-corrected chi connectivity index (χ4v) is 3.21. The Bertz CT molecular complexity index is 452. The van der Waals surface area contributed by atoms with E-state index in [-0.39, 0.29) is 18.2 Å². The highest BCUT2D eigenvalue weighted by Crippen LogP contribution is 2.40. The summed E-state index contributed by atoms with van der Waals surface area (Å²) in [5, 5.41) is 0.607.